The number of aliphatic imine (C=N–C) groups is 1. The van der Waals surface area contributed by atoms with Gasteiger partial charge in [0.25, 0.3) is 0 Å². The molecule has 9 heteroatoms. The Labute approximate surface area is 170 Å². The van der Waals surface area contributed by atoms with Crippen LogP contribution in [0.5, 0.6) is 0 Å². The van der Waals surface area contributed by atoms with Gasteiger partial charge in [-0.15, -0.1) is 0 Å². The molecule has 1 amide bonds. The number of guanidine groups is 1. The van der Waals surface area contributed by atoms with Crippen molar-refractivity contribution in [2.75, 3.05) is 38.0 Å². The number of carbonyl (C=O) groups excluding carboxylic acids is 1. The van der Waals surface area contributed by atoms with E-state index in [2.05, 4.69) is 25.9 Å². The topological polar surface area (TPSA) is 81.7 Å². The van der Waals surface area contributed by atoms with Gasteiger partial charge in [-0.05, 0) is 19.4 Å². The first kappa shape index (κ1) is 21.6. The zero-order valence-electron chi connectivity index (χ0n) is 16.1. The summed E-state index contributed by atoms with van der Waals surface area (Å²) in [5.74, 6) is 1.58. The minimum atomic E-state index is 0.0324. The van der Waals surface area contributed by atoms with E-state index in [1.54, 1.807) is 12.3 Å². The van der Waals surface area contributed by atoms with Crippen molar-refractivity contribution >= 4 is 40.9 Å². The van der Waals surface area contributed by atoms with Crippen molar-refractivity contribution in [3.05, 3.63) is 22.3 Å². The van der Waals surface area contributed by atoms with Gasteiger partial charge in [-0.25, -0.2) is 4.98 Å². The highest BCUT2D eigenvalue weighted by atomic mass is 35.5. The summed E-state index contributed by atoms with van der Waals surface area (Å²) in [7, 11) is 0. The number of nitrogens with zero attached hydrogens (tertiary/aromatic N) is 3. The largest absolute Gasteiger partial charge is 0.367 e. The summed E-state index contributed by atoms with van der Waals surface area (Å²) in [6, 6.07) is 1.86. The molecule has 0 saturated carbocycles. The van der Waals surface area contributed by atoms with Crippen LogP contribution in [0.15, 0.2) is 17.3 Å². The summed E-state index contributed by atoms with van der Waals surface area (Å²) in [5, 5.41) is 10.8. The van der Waals surface area contributed by atoms with Crippen molar-refractivity contribution < 1.29 is 4.79 Å². The van der Waals surface area contributed by atoms with Crippen LogP contribution in [0.25, 0.3) is 0 Å². The number of hydrogen-bond donors (Lipinski definition) is 3. The molecule has 150 valence electrons. The molecule has 1 saturated heterocycles. The smallest absolute Gasteiger partial charge is 0.225 e. The molecule has 1 aliphatic rings. The first-order valence-corrected chi connectivity index (χ1v) is 10.0. The predicted octanol–water partition coefficient (Wildman–Crippen LogP) is 2.61. The molecule has 1 aromatic heterocycles. The molecule has 1 atom stereocenters. The van der Waals surface area contributed by atoms with E-state index in [0.29, 0.717) is 35.5 Å². The average molecular weight is 415 g/mol. The van der Waals surface area contributed by atoms with E-state index in [1.165, 1.54) is 0 Å². The average Bonchev–Trinajstić information content (AvgIpc) is 3.08. The summed E-state index contributed by atoms with van der Waals surface area (Å²) in [6.45, 7) is 9.30. The van der Waals surface area contributed by atoms with Crippen LogP contribution in [0, 0.1) is 5.92 Å². The lowest BCUT2D eigenvalue weighted by molar-refractivity contribution is -0.133. The number of rotatable bonds is 7. The lowest BCUT2D eigenvalue weighted by Crippen LogP contribution is -2.45. The Morgan fingerprint density at radius 3 is 2.89 bits per heavy atom. The van der Waals surface area contributed by atoms with Crippen molar-refractivity contribution in [2.24, 2.45) is 10.9 Å². The normalized spacial score (nSPS) is 17.3. The molecule has 1 unspecified atom stereocenters. The second-order valence-corrected chi connectivity index (χ2v) is 7.58. The number of carbonyl (C=O) groups is 1. The highest BCUT2D eigenvalue weighted by Gasteiger charge is 2.27. The highest BCUT2D eigenvalue weighted by molar-refractivity contribution is 6.35. The van der Waals surface area contributed by atoms with Crippen molar-refractivity contribution in [1.82, 2.24) is 20.5 Å². The van der Waals surface area contributed by atoms with Crippen molar-refractivity contribution in [2.45, 2.75) is 33.2 Å². The maximum atomic E-state index is 12.1. The van der Waals surface area contributed by atoms with E-state index in [9.17, 15) is 4.79 Å². The van der Waals surface area contributed by atoms with Gasteiger partial charge in [0.15, 0.2) is 5.96 Å². The van der Waals surface area contributed by atoms with Gasteiger partial charge in [0.1, 0.15) is 5.82 Å². The molecule has 3 N–H and O–H groups in total. The molecule has 0 spiro atoms. The van der Waals surface area contributed by atoms with Gasteiger partial charge in [-0.1, -0.05) is 37.0 Å². The number of amides is 1. The first-order valence-electron chi connectivity index (χ1n) is 9.29. The molecular weight excluding hydrogens is 387 g/mol. The zero-order valence-corrected chi connectivity index (χ0v) is 17.6. The molecule has 0 aromatic carbocycles. The monoisotopic (exact) mass is 414 g/mol. The molecular formula is C18H28Cl2N6O. The Balaban J connectivity index is 1.83. The minimum absolute atomic E-state index is 0.0324. The second-order valence-electron chi connectivity index (χ2n) is 6.74. The second kappa shape index (κ2) is 10.6. The van der Waals surface area contributed by atoms with Crippen LogP contribution in [0.1, 0.15) is 27.2 Å². The van der Waals surface area contributed by atoms with Crippen LogP contribution >= 0.6 is 23.2 Å². The van der Waals surface area contributed by atoms with E-state index in [0.717, 1.165) is 25.5 Å². The zero-order chi connectivity index (χ0) is 19.8. The van der Waals surface area contributed by atoms with Crippen molar-refractivity contribution in [3.8, 4) is 0 Å². The lowest BCUT2D eigenvalue weighted by atomic mass is 10.2. The number of hydrogen-bond acceptors (Lipinski definition) is 4. The molecule has 0 bridgehead atoms. The van der Waals surface area contributed by atoms with E-state index in [1.807, 2.05) is 25.7 Å². The summed E-state index contributed by atoms with van der Waals surface area (Å²) in [4.78, 5) is 22.8. The van der Waals surface area contributed by atoms with Gasteiger partial charge in [0, 0.05) is 44.3 Å². The maximum absolute atomic E-state index is 12.1. The SMILES string of the molecule is CCNC(=NCCNc1ncc(Cl)cc1Cl)NC1CCN(C(=O)C(C)C)C1. The minimum Gasteiger partial charge on any atom is -0.367 e. The molecule has 2 rings (SSSR count). The van der Waals surface area contributed by atoms with Crippen LogP contribution < -0.4 is 16.0 Å². The number of pyridine rings is 1. The summed E-state index contributed by atoms with van der Waals surface area (Å²) in [6.07, 6.45) is 2.47. The number of halogens is 2. The van der Waals surface area contributed by atoms with E-state index in [-0.39, 0.29) is 17.9 Å². The van der Waals surface area contributed by atoms with Gasteiger partial charge in [-0.3, -0.25) is 9.79 Å². The Hall–Kier alpha value is -1.73. The Bertz CT molecular complexity index is 667. The predicted molar refractivity (Wildman–Crippen MR) is 112 cm³/mol. The Morgan fingerprint density at radius 2 is 2.22 bits per heavy atom. The number of aromatic nitrogens is 1. The number of nitrogens with one attached hydrogen (secondary N) is 3. The highest BCUT2D eigenvalue weighted by Crippen LogP contribution is 2.22. The summed E-state index contributed by atoms with van der Waals surface area (Å²) < 4.78 is 0. The molecule has 1 aliphatic heterocycles. The molecule has 1 fully saturated rings. The van der Waals surface area contributed by atoms with Gasteiger partial charge < -0.3 is 20.9 Å². The Kier molecular flexibility index (Phi) is 8.44. The third-order valence-electron chi connectivity index (χ3n) is 4.16. The van der Waals surface area contributed by atoms with Gasteiger partial charge in [0.05, 0.1) is 16.6 Å². The molecule has 7 nitrogen and oxygen atoms in total. The van der Waals surface area contributed by atoms with Crippen LogP contribution in [-0.2, 0) is 4.79 Å². The molecule has 0 radical (unpaired) electrons. The quantitative estimate of drug-likeness (QED) is 0.362. The molecule has 1 aromatic rings. The van der Waals surface area contributed by atoms with Crippen LogP contribution in [0.2, 0.25) is 10.0 Å². The van der Waals surface area contributed by atoms with Crippen LogP contribution in [0.3, 0.4) is 0 Å². The first-order chi connectivity index (χ1) is 12.9. The van der Waals surface area contributed by atoms with Gasteiger partial charge in [0.2, 0.25) is 5.91 Å². The Morgan fingerprint density at radius 1 is 1.44 bits per heavy atom. The fourth-order valence-corrected chi connectivity index (χ4v) is 3.29. The van der Waals surface area contributed by atoms with Crippen LogP contribution in [0.4, 0.5) is 5.82 Å². The number of likely N-dealkylation sites (tertiary alicyclic amines) is 1. The molecule has 0 aliphatic carbocycles. The molecule has 27 heavy (non-hydrogen) atoms. The lowest BCUT2D eigenvalue weighted by Gasteiger charge is -2.20. The van der Waals surface area contributed by atoms with Crippen molar-refractivity contribution in [3.63, 3.8) is 0 Å². The van der Waals surface area contributed by atoms with Gasteiger partial charge >= 0.3 is 0 Å². The standard InChI is InChI=1S/C18H28Cl2N6O/c1-4-21-18(25-14-5-8-26(11-14)17(27)12(2)3)23-7-6-22-16-15(20)9-13(19)10-24-16/h9-10,12,14H,4-8,11H2,1-3H3,(H,22,24)(H2,21,23,25). The summed E-state index contributed by atoms with van der Waals surface area (Å²) >= 11 is 11.9. The van der Waals surface area contributed by atoms with Gasteiger partial charge in [-0.2, -0.15) is 0 Å². The van der Waals surface area contributed by atoms with E-state index >= 15 is 0 Å². The third-order valence-corrected chi connectivity index (χ3v) is 4.66. The fraction of sp³-hybridized carbons (Fsp3) is 0.611. The van der Waals surface area contributed by atoms with E-state index < -0.39 is 0 Å². The molecule has 2 heterocycles. The van der Waals surface area contributed by atoms with Crippen molar-refractivity contribution in [1.29, 1.82) is 0 Å². The maximum Gasteiger partial charge on any atom is 0.225 e. The third kappa shape index (κ3) is 6.74. The number of anilines is 1. The fourth-order valence-electron chi connectivity index (χ4n) is 2.84. The van der Waals surface area contributed by atoms with Crippen LogP contribution in [-0.4, -0.2) is 60.5 Å². The summed E-state index contributed by atoms with van der Waals surface area (Å²) in [5.41, 5.74) is 0. The van der Waals surface area contributed by atoms with E-state index in [4.69, 9.17) is 23.2 Å².